The Morgan fingerprint density at radius 2 is 1.47 bits per heavy atom. The lowest BCUT2D eigenvalue weighted by atomic mass is 10.0. The predicted octanol–water partition coefficient (Wildman–Crippen LogP) is 1.58. The zero-order valence-corrected chi connectivity index (χ0v) is 6.79. The number of hydrogen-bond donors (Lipinski definition) is 1. The van der Waals surface area contributed by atoms with Crippen LogP contribution in [0.4, 0.5) is 30.7 Å². The van der Waals surface area contributed by atoms with Crippen LogP contribution in [0, 0.1) is 6.42 Å². The molecule has 0 aromatic rings. The fourth-order valence-electron chi connectivity index (χ4n) is 0.544. The Hall–Kier alpha value is -0.860. The summed E-state index contributed by atoms with van der Waals surface area (Å²) in [7, 11) is 0. The molecule has 0 amide bonds. The highest BCUT2D eigenvalue weighted by Gasteiger charge is 2.75. The van der Waals surface area contributed by atoms with Crippen LogP contribution in [0.3, 0.4) is 0 Å². The number of halogens is 7. The van der Waals surface area contributed by atoms with Crippen LogP contribution < -0.4 is 0 Å². The molecule has 0 bridgehead atoms. The minimum absolute atomic E-state index is 0.361. The summed E-state index contributed by atoms with van der Waals surface area (Å²) >= 11 is 0. The lowest BCUT2D eigenvalue weighted by Crippen LogP contribution is -2.56. The van der Waals surface area contributed by atoms with E-state index in [1.54, 1.807) is 0 Å². The van der Waals surface area contributed by atoms with Gasteiger partial charge in [-0.3, -0.25) is 4.79 Å². The molecule has 0 saturated heterocycles. The number of hydrogen-bond acceptors (Lipinski definition) is 2. The monoisotopic (exact) mass is 241 g/mol. The van der Waals surface area contributed by atoms with Crippen LogP contribution in [0.2, 0.25) is 0 Å². The summed E-state index contributed by atoms with van der Waals surface area (Å²) in [6, 6.07) is 0. The molecule has 15 heavy (non-hydrogen) atoms. The van der Waals surface area contributed by atoms with E-state index in [1.807, 2.05) is 0 Å². The summed E-state index contributed by atoms with van der Waals surface area (Å²) in [5.74, 6) is -15.2. The summed E-state index contributed by atoms with van der Waals surface area (Å²) < 4.78 is 83.2. The highest BCUT2D eigenvalue weighted by Crippen LogP contribution is 2.47. The Morgan fingerprint density at radius 3 is 1.73 bits per heavy atom. The van der Waals surface area contributed by atoms with Gasteiger partial charge in [0, 0.05) is 0 Å². The van der Waals surface area contributed by atoms with Gasteiger partial charge in [0.2, 0.25) is 5.78 Å². The largest absolute Gasteiger partial charge is 0.460 e. The first-order chi connectivity index (χ1) is 6.48. The second kappa shape index (κ2) is 3.95. The number of aliphatic hydroxyl groups excluding tert-OH is 1. The lowest BCUT2D eigenvalue weighted by molar-refractivity contribution is -0.342. The average molecular weight is 241 g/mol. The SMILES string of the molecule is O=C([CH]CO)C(F)(F)C(F)(F)C(F)(F)F. The number of aliphatic hydroxyl groups is 1. The van der Waals surface area contributed by atoms with Gasteiger partial charge < -0.3 is 5.11 Å². The first-order valence-corrected chi connectivity index (χ1v) is 3.29. The third kappa shape index (κ3) is 2.39. The van der Waals surface area contributed by atoms with E-state index in [0.717, 1.165) is 0 Å². The Kier molecular flexibility index (Phi) is 3.72. The van der Waals surface area contributed by atoms with E-state index >= 15 is 0 Å². The van der Waals surface area contributed by atoms with E-state index in [2.05, 4.69) is 0 Å². The van der Waals surface area contributed by atoms with E-state index in [1.165, 1.54) is 0 Å². The molecule has 0 aliphatic heterocycles. The fraction of sp³-hybridized carbons (Fsp3) is 0.667. The van der Waals surface area contributed by atoms with E-state index in [9.17, 15) is 35.5 Å². The second-order valence-corrected chi connectivity index (χ2v) is 2.40. The van der Waals surface area contributed by atoms with Crippen molar-refractivity contribution < 1.29 is 40.6 Å². The smallest absolute Gasteiger partial charge is 0.396 e. The van der Waals surface area contributed by atoms with Crippen molar-refractivity contribution in [3.63, 3.8) is 0 Å². The molecular formula is C6H4F7O2. The lowest BCUT2D eigenvalue weighted by Gasteiger charge is -2.26. The second-order valence-electron chi connectivity index (χ2n) is 2.40. The van der Waals surface area contributed by atoms with Crippen molar-refractivity contribution in [2.75, 3.05) is 6.61 Å². The number of alkyl halides is 7. The van der Waals surface area contributed by atoms with Crippen molar-refractivity contribution >= 4 is 5.78 Å². The predicted molar refractivity (Wildman–Crippen MR) is 32.3 cm³/mol. The van der Waals surface area contributed by atoms with Crippen molar-refractivity contribution in [2.24, 2.45) is 0 Å². The van der Waals surface area contributed by atoms with E-state index < -0.39 is 30.4 Å². The Bertz CT molecular complexity index is 244. The number of ketones is 1. The van der Waals surface area contributed by atoms with Gasteiger partial charge in [-0.05, 0) is 0 Å². The summed E-state index contributed by atoms with van der Waals surface area (Å²) in [6.07, 6.45) is -6.91. The number of carbonyl (C=O) groups excluding carboxylic acids is 1. The zero-order chi connectivity index (χ0) is 12.5. The van der Waals surface area contributed by atoms with Crippen LogP contribution in [0.5, 0.6) is 0 Å². The Labute approximate surface area is 78.7 Å². The molecule has 0 unspecified atom stereocenters. The molecule has 0 saturated carbocycles. The van der Waals surface area contributed by atoms with Crippen LogP contribution in [0.1, 0.15) is 0 Å². The van der Waals surface area contributed by atoms with Crippen LogP contribution in [-0.4, -0.2) is 35.5 Å². The van der Waals surface area contributed by atoms with Crippen LogP contribution in [-0.2, 0) is 4.79 Å². The highest BCUT2D eigenvalue weighted by atomic mass is 19.4. The maximum absolute atomic E-state index is 12.3. The van der Waals surface area contributed by atoms with Crippen molar-refractivity contribution in [3.8, 4) is 0 Å². The van der Waals surface area contributed by atoms with Crippen LogP contribution in [0.15, 0.2) is 0 Å². The molecule has 0 heterocycles. The fourth-order valence-corrected chi connectivity index (χ4v) is 0.544. The molecule has 0 aliphatic carbocycles. The van der Waals surface area contributed by atoms with Gasteiger partial charge in [0.15, 0.2) is 0 Å². The third-order valence-electron chi connectivity index (χ3n) is 1.34. The summed E-state index contributed by atoms with van der Waals surface area (Å²) in [4.78, 5) is 10.2. The molecule has 0 aromatic carbocycles. The third-order valence-corrected chi connectivity index (χ3v) is 1.34. The molecule has 9 heteroatoms. The first-order valence-electron chi connectivity index (χ1n) is 3.29. The minimum Gasteiger partial charge on any atom is -0.396 e. The summed E-state index contributed by atoms with van der Waals surface area (Å²) in [5.41, 5.74) is 0. The molecule has 0 fully saturated rings. The molecule has 0 atom stereocenters. The topological polar surface area (TPSA) is 37.3 Å². The van der Waals surface area contributed by atoms with Gasteiger partial charge in [-0.25, -0.2) is 0 Å². The molecule has 0 spiro atoms. The standard InChI is InChI=1S/C6H4F7O2/c7-4(8,3(15)1-2-14)5(9,10)6(11,12)13/h1,14H,2H2. The molecular weight excluding hydrogens is 237 g/mol. The molecule has 89 valence electrons. The van der Waals surface area contributed by atoms with Crippen molar-refractivity contribution in [3.05, 3.63) is 6.42 Å². The summed E-state index contributed by atoms with van der Waals surface area (Å²) in [5, 5.41) is 7.93. The Morgan fingerprint density at radius 1 is 1.07 bits per heavy atom. The molecule has 1 N–H and O–H groups in total. The van der Waals surface area contributed by atoms with Gasteiger partial charge in [0.05, 0.1) is 13.0 Å². The molecule has 0 rings (SSSR count). The molecule has 0 aliphatic rings. The van der Waals surface area contributed by atoms with Crippen molar-refractivity contribution in [1.29, 1.82) is 0 Å². The number of carbonyl (C=O) groups is 1. The molecule has 2 nitrogen and oxygen atoms in total. The number of rotatable bonds is 4. The average Bonchev–Trinajstić information content (AvgIpc) is 2.02. The molecule has 0 aromatic heterocycles. The van der Waals surface area contributed by atoms with Gasteiger partial charge >= 0.3 is 18.0 Å². The normalized spacial score (nSPS) is 14.1. The Balaban J connectivity index is 5.10. The van der Waals surface area contributed by atoms with E-state index in [-0.39, 0.29) is 6.42 Å². The maximum Gasteiger partial charge on any atom is 0.460 e. The first kappa shape index (κ1) is 14.1. The zero-order valence-electron chi connectivity index (χ0n) is 6.79. The van der Waals surface area contributed by atoms with Gasteiger partial charge in [0.1, 0.15) is 0 Å². The maximum atomic E-state index is 12.3. The van der Waals surface area contributed by atoms with Crippen LogP contribution in [0.25, 0.3) is 0 Å². The van der Waals surface area contributed by atoms with Gasteiger partial charge in [-0.1, -0.05) is 0 Å². The van der Waals surface area contributed by atoms with Crippen LogP contribution >= 0.6 is 0 Å². The van der Waals surface area contributed by atoms with E-state index in [0.29, 0.717) is 0 Å². The quantitative estimate of drug-likeness (QED) is 0.759. The minimum atomic E-state index is -6.55. The van der Waals surface area contributed by atoms with Gasteiger partial charge in [-0.2, -0.15) is 30.7 Å². The highest BCUT2D eigenvalue weighted by molar-refractivity contribution is 5.94. The van der Waals surface area contributed by atoms with Gasteiger partial charge in [-0.15, -0.1) is 0 Å². The van der Waals surface area contributed by atoms with Crippen molar-refractivity contribution in [2.45, 2.75) is 18.0 Å². The molecule has 1 radical (unpaired) electrons. The number of Topliss-reactive ketones (excluding diaryl/α,β-unsaturated/α-hetero) is 1. The van der Waals surface area contributed by atoms with E-state index in [4.69, 9.17) is 5.11 Å². The van der Waals surface area contributed by atoms with Gasteiger partial charge in [0.25, 0.3) is 0 Å². The van der Waals surface area contributed by atoms with Crippen molar-refractivity contribution in [1.82, 2.24) is 0 Å². The summed E-state index contributed by atoms with van der Waals surface area (Å²) in [6.45, 7) is -1.36.